The molecule has 2 amide bonds. The van der Waals surface area contributed by atoms with E-state index in [1.54, 1.807) is 0 Å². The predicted octanol–water partition coefficient (Wildman–Crippen LogP) is 2.98. The van der Waals surface area contributed by atoms with Crippen molar-refractivity contribution in [2.75, 3.05) is 5.32 Å². The molecule has 1 atom stereocenters. The maximum Gasteiger partial charge on any atom is 0.422 e. The van der Waals surface area contributed by atoms with Gasteiger partial charge in [0, 0.05) is 24.0 Å². The number of amides is 2. The lowest BCUT2D eigenvalue weighted by atomic mass is 9.99. The Morgan fingerprint density at radius 2 is 1.74 bits per heavy atom. The fraction of sp³-hybridized carbons (Fsp3) is 0.333. The van der Waals surface area contributed by atoms with Gasteiger partial charge in [-0.2, -0.15) is 13.2 Å². The first-order valence-corrected chi connectivity index (χ1v) is 9.84. The molecule has 34 heavy (non-hydrogen) atoms. The third-order valence-electron chi connectivity index (χ3n) is 5.59. The van der Waals surface area contributed by atoms with E-state index < -0.39 is 46.9 Å². The highest BCUT2D eigenvalue weighted by atomic mass is 19.4. The van der Waals surface area contributed by atoms with Crippen LogP contribution in [0.15, 0.2) is 18.2 Å². The number of benzene rings is 1. The number of aliphatic carboxylic acids is 1. The van der Waals surface area contributed by atoms with Gasteiger partial charge in [-0.3, -0.25) is 14.4 Å². The minimum atomic E-state index is -5.40. The number of carbonyl (C=O) groups excluding carboxylic acids is 3. The second-order valence-corrected chi connectivity index (χ2v) is 7.84. The summed E-state index contributed by atoms with van der Waals surface area (Å²) < 4.78 is 67.7. The maximum atomic E-state index is 13.5. The van der Waals surface area contributed by atoms with Crippen LogP contribution >= 0.6 is 0 Å². The molecule has 2 aromatic rings. The van der Waals surface area contributed by atoms with Gasteiger partial charge in [-0.1, -0.05) is 0 Å². The van der Waals surface area contributed by atoms with Gasteiger partial charge in [0.15, 0.2) is 11.6 Å². The third kappa shape index (κ3) is 4.13. The molecule has 1 aliphatic rings. The number of carbonyl (C=O) groups is 4. The lowest BCUT2D eigenvalue weighted by molar-refractivity contribution is -0.206. The highest BCUT2D eigenvalue weighted by Crippen LogP contribution is 2.32. The number of halogens is 5. The number of carboxylic acid groups (broad SMARTS) is 1. The normalized spacial score (nSPS) is 14.8. The second kappa shape index (κ2) is 8.54. The molecule has 0 fully saturated rings. The molecule has 0 radical (unpaired) electrons. The van der Waals surface area contributed by atoms with Gasteiger partial charge >= 0.3 is 12.1 Å². The van der Waals surface area contributed by atoms with Crippen molar-refractivity contribution >= 4 is 29.3 Å². The summed E-state index contributed by atoms with van der Waals surface area (Å²) in [6, 6.07) is 2.63. The van der Waals surface area contributed by atoms with Gasteiger partial charge in [0.2, 0.25) is 5.54 Å². The highest BCUT2D eigenvalue weighted by Gasteiger charge is 2.59. The van der Waals surface area contributed by atoms with Gasteiger partial charge < -0.3 is 20.3 Å². The number of nitrogens with zero attached hydrogens (tertiary/aromatic N) is 1. The van der Waals surface area contributed by atoms with Crippen molar-refractivity contribution in [3.8, 4) is 0 Å². The zero-order valence-electron chi connectivity index (χ0n) is 17.8. The number of fused-ring (bicyclic) bond motifs is 1. The van der Waals surface area contributed by atoms with E-state index in [1.807, 2.05) is 0 Å². The second-order valence-electron chi connectivity index (χ2n) is 7.84. The quantitative estimate of drug-likeness (QED) is 0.329. The van der Waals surface area contributed by atoms with Crippen LogP contribution in [0, 0.1) is 18.6 Å². The molecule has 0 spiro atoms. The lowest BCUT2D eigenvalue weighted by Crippen LogP contribution is -2.63. The molecule has 182 valence electrons. The number of alkyl halides is 3. The predicted molar refractivity (Wildman–Crippen MR) is 106 cm³/mol. The Morgan fingerprint density at radius 1 is 1.09 bits per heavy atom. The Bertz CT molecular complexity index is 1220. The molecule has 1 aliphatic heterocycles. The molecule has 0 saturated heterocycles. The van der Waals surface area contributed by atoms with Crippen LogP contribution in [0.1, 0.15) is 45.4 Å². The van der Waals surface area contributed by atoms with Crippen LogP contribution < -0.4 is 10.6 Å². The zero-order chi connectivity index (χ0) is 25.6. The molecular formula is C21H18F5N3O5. The van der Waals surface area contributed by atoms with Crippen LogP contribution in [-0.2, 0) is 22.6 Å². The van der Waals surface area contributed by atoms with Crippen molar-refractivity contribution in [2.45, 2.75) is 44.9 Å². The summed E-state index contributed by atoms with van der Waals surface area (Å²) in [7, 11) is 0. The SMILES string of the molecule is Cc1c(C(=O)C(=O)NC(C)(C(=O)O)C(F)(F)F)c2n(c1C(=O)Nc1ccc(F)c(F)c1)CCC2. The number of aromatic nitrogens is 1. The summed E-state index contributed by atoms with van der Waals surface area (Å²) in [5.74, 6) is -8.83. The van der Waals surface area contributed by atoms with E-state index in [-0.39, 0.29) is 48.1 Å². The fourth-order valence-electron chi connectivity index (χ4n) is 3.72. The van der Waals surface area contributed by atoms with Crippen molar-refractivity contribution in [1.29, 1.82) is 0 Å². The van der Waals surface area contributed by atoms with Crippen molar-refractivity contribution in [3.63, 3.8) is 0 Å². The molecule has 1 aromatic carbocycles. The van der Waals surface area contributed by atoms with Gasteiger partial charge in [0.1, 0.15) is 5.69 Å². The van der Waals surface area contributed by atoms with Gasteiger partial charge in [-0.25, -0.2) is 13.6 Å². The van der Waals surface area contributed by atoms with Crippen LogP contribution in [0.3, 0.4) is 0 Å². The molecule has 13 heteroatoms. The largest absolute Gasteiger partial charge is 0.479 e. The van der Waals surface area contributed by atoms with Crippen molar-refractivity contribution < 1.29 is 46.2 Å². The Kier molecular flexibility index (Phi) is 6.24. The van der Waals surface area contributed by atoms with Crippen LogP contribution in [0.2, 0.25) is 0 Å². The molecule has 0 aliphatic carbocycles. The molecule has 1 aromatic heterocycles. The summed E-state index contributed by atoms with van der Waals surface area (Å²) in [4.78, 5) is 49.2. The van der Waals surface area contributed by atoms with E-state index in [0.717, 1.165) is 18.2 Å². The highest BCUT2D eigenvalue weighted by molar-refractivity contribution is 6.44. The molecule has 0 bridgehead atoms. The molecule has 2 heterocycles. The monoisotopic (exact) mass is 487 g/mol. The van der Waals surface area contributed by atoms with Crippen LogP contribution in [-0.4, -0.2) is 45.0 Å². The summed E-state index contributed by atoms with van der Waals surface area (Å²) >= 11 is 0. The van der Waals surface area contributed by atoms with E-state index in [1.165, 1.54) is 16.8 Å². The van der Waals surface area contributed by atoms with Crippen LogP contribution in [0.25, 0.3) is 0 Å². The summed E-state index contributed by atoms with van der Waals surface area (Å²) in [6.07, 6.45) is -4.72. The van der Waals surface area contributed by atoms with E-state index >= 15 is 0 Å². The number of hydrogen-bond acceptors (Lipinski definition) is 4. The Labute approximate surface area is 188 Å². The number of rotatable bonds is 6. The number of carboxylic acids is 1. The number of Topliss-reactive ketones (excluding diaryl/α,β-unsaturated/α-hetero) is 1. The van der Waals surface area contributed by atoms with E-state index in [0.29, 0.717) is 6.42 Å². The minimum absolute atomic E-state index is 0.0287. The Hall–Kier alpha value is -3.77. The lowest BCUT2D eigenvalue weighted by Gasteiger charge is -2.28. The fourth-order valence-corrected chi connectivity index (χ4v) is 3.72. The standard InChI is InChI=1S/C21H18F5N3O5/c1-9-14(16(30)18(32)28-20(2,19(33)34)21(24,25)26)13-4-3-7-29(13)15(9)17(31)27-10-5-6-11(22)12(23)8-10/h5-6,8H,3-4,7H2,1-2H3,(H,27,31)(H,28,32)(H,33,34). The van der Waals surface area contributed by atoms with E-state index in [2.05, 4.69) is 5.32 Å². The van der Waals surface area contributed by atoms with E-state index in [9.17, 15) is 41.1 Å². The molecule has 1 unspecified atom stereocenters. The number of anilines is 1. The minimum Gasteiger partial charge on any atom is -0.479 e. The first-order valence-electron chi connectivity index (χ1n) is 9.84. The van der Waals surface area contributed by atoms with Crippen molar-refractivity contribution in [1.82, 2.24) is 9.88 Å². The van der Waals surface area contributed by atoms with Gasteiger partial charge in [0.25, 0.3) is 17.6 Å². The molecule has 3 N–H and O–H groups in total. The number of ketones is 1. The van der Waals surface area contributed by atoms with Gasteiger partial charge in [0.05, 0.1) is 5.56 Å². The summed E-state index contributed by atoms with van der Waals surface area (Å²) in [6.45, 7) is 1.76. The summed E-state index contributed by atoms with van der Waals surface area (Å²) in [5.41, 5.74) is -4.03. The van der Waals surface area contributed by atoms with E-state index in [4.69, 9.17) is 5.11 Å². The average molecular weight is 487 g/mol. The number of nitrogens with one attached hydrogen (secondary N) is 2. The molecular weight excluding hydrogens is 469 g/mol. The van der Waals surface area contributed by atoms with Crippen molar-refractivity contribution in [3.05, 3.63) is 52.3 Å². The summed E-state index contributed by atoms with van der Waals surface area (Å²) in [5, 5.41) is 12.6. The Balaban J connectivity index is 1.96. The molecule has 0 saturated carbocycles. The average Bonchev–Trinajstić information content (AvgIpc) is 3.28. The smallest absolute Gasteiger partial charge is 0.422 e. The van der Waals surface area contributed by atoms with Crippen LogP contribution in [0.4, 0.5) is 27.6 Å². The van der Waals surface area contributed by atoms with Crippen molar-refractivity contribution in [2.24, 2.45) is 0 Å². The van der Waals surface area contributed by atoms with Gasteiger partial charge in [-0.05, 0) is 44.4 Å². The zero-order valence-corrected chi connectivity index (χ0v) is 17.8. The number of hydrogen-bond donors (Lipinski definition) is 3. The Morgan fingerprint density at radius 3 is 2.29 bits per heavy atom. The maximum absolute atomic E-state index is 13.5. The topological polar surface area (TPSA) is 118 Å². The molecule has 3 rings (SSSR count). The first kappa shape index (κ1) is 24.9. The van der Waals surface area contributed by atoms with Gasteiger partial charge in [-0.15, -0.1) is 0 Å². The first-order chi connectivity index (χ1) is 15.7. The molecule has 8 nitrogen and oxygen atoms in total. The third-order valence-corrected chi connectivity index (χ3v) is 5.59. The van der Waals surface area contributed by atoms with Crippen LogP contribution in [0.5, 0.6) is 0 Å².